The van der Waals surface area contributed by atoms with E-state index in [2.05, 4.69) is 44.9 Å². The van der Waals surface area contributed by atoms with Crippen LogP contribution in [-0.2, 0) is 22.4 Å². The molecule has 5 aromatic rings. The summed E-state index contributed by atoms with van der Waals surface area (Å²) in [5.74, 6) is 1.25. The third-order valence-electron chi connectivity index (χ3n) is 5.85. The molecule has 39 heavy (non-hydrogen) atoms. The van der Waals surface area contributed by atoms with E-state index >= 15 is 0 Å². The lowest BCUT2D eigenvalue weighted by Gasteiger charge is -2.17. The first-order valence-corrected chi connectivity index (χ1v) is 14.5. The van der Waals surface area contributed by atoms with Crippen molar-refractivity contribution < 1.29 is 13.0 Å². The minimum atomic E-state index is -3.88. The second-order valence-corrected chi connectivity index (χ2v) is 11.6. The molecule has 1 aliphatic heterocycles. The Morgan fingerprint density at radius 2 is 1.59 bits per heavy atom. The number of benzene rings is 2. The van der Waals surface area contributed by atoms with Crippen LogP contribution >= 0.6 is 11.3 Å². The molecule has 198 valence electrons. The Labute approximate surface area is 230 Å². The van der Waals surface area contributed by atoms with Crippen molar-refractivity contribution in [3.8, 4) is 5.00 Å². The number of hydrazone groups is 1. The Bertz CT molecular complexity index is 1700. The molecule has 6 rings (SSSR count). The Morgan fingerprint density at radius 3 is 2.26 bits per heavy atom. The zero-order valence-corrected chi connectivity index (χ0v) is 23.0. The number of hydrogen-bond acceptors (Lipinski definition) is 8. The molecule has 0 bridgehead atoms. The fourth-order valence-corrected chi connectivity index (χ4v) is 5.84. The molecule has 3 aromatic heterocycles. The van der Waals surface area contributed by atoms with Crippen molar-refractivity contribution in [1.82, 2.24) is 19.7 Å². The smallest absolute Gasteiger partial charge is 0.269 e. The van der Waals surface area contributed by atoms with Crippen molar-refractivity contribution in [3.63, 3.8) is 0 Å². The van der Waals surface area contributed by atoms with Crippen LogP contribution in [0.25, 0.3) is 5.00 Å². The van der Waals surface area contributed by atoms with Crippen molar-refractivity contribution in [2.24, 2.45) is 5.10 Å². The minimum Gasteiger partial charge on any atom is -0.285 e. The standard InChI is InChI=1S/C21H18N6S.C7H8O3S/c1-14-11-18-19(17-8-4-3-5-9-17)25-26(13-16-7-6-10-22-12-16)21-24-23-15(2)27(21)20(18)28-14;8-11(9,10)6-7-4-2-1-3-5-7/h3-12H,13H2,1-2H3;1-5H,6H2,(H,8,9,10). The number of nitrogens with zero attached hydrogens (tertiary/aromatic N) is 6. The van der Waals surface area contributed by atoms with Gasteiger partial charge in [0.2, 0.25) is 0 Å². The van der Waals surface area contributed by atoms with Gasteiger partial charge in [-0.15, -0.1) is 21.5 Å². The third kappa shape index (κ3) is 6.28. The summed E-state index contributed by atoms with van der Waals surface area (Å²) in [5, 5.41) is 16.9. The first-order chi connectivity index (χ1) is 18.8. The van der Waals surface area contributed by atoms with E-state index in [0.29, 0.717) is 12.1 Å². The van der Waals surface area contributed by atoms with Gasteiger partial charge in [-0.05, 0) is 37.1 Å². The van der Waals surface area contributed by atoms with Gasteiger partial charge in [0.25, 0.3) is 16.1 Å². The van der Waals surface area contributed by atoms with Gasteiger partial charge in [-0.25, -0.2) is 5.01 Å². The number of rotatable bonds is 5. The molecule has 0 spiro atoms. The van der Waals surface area contributed by atoms with Gasteiger partial charge in [-0.3, -0.25) is 14.1 Å². The molecule has 0 saturated heterocycles. The predicted molar refractivity (Wildman–Crippen MR) is 153 cm³/mol. The maximum atomic E-state index is 10.4. The van der Waals surface area contributed by atoms with Crippen molar-refractivity contribution in [2.75, 3.05) is 5.01 Å². The summed E-state index contributed by atoms with van der Waals surface area (Å²) < 4.78 is 31.3. The molecule has 0 fully saturated rings. The number of pyridine rings is 1. The molecule has 0 radical (unpaired) electrons. The quantitative estimate of drug-likeness (QED) is 0.295. The van der Waals surface area contributed by atoms with Gasteiger partial charge in [0.1, 0.15) is 22.3 Å². The van der Waals surface area contributed by atoms with Crippen LogP contribution in [0.1, 0.15) is 33.0 Å². The van der Waals surface area contributed by atoms with Crippen molar-refractivity contribution >= 4 is 33.1 Å². The molecule has 11 heteroatoms. The van der Waals surface area contributed by atoms with Crippen molar-refractivity contribution in [3.05, 3.63) is 124 Å². The van der Waals surface area contributed by atoms with Gasteiger partial charge in [-0.2, -0.15) is 13.5 Å². The molecule has 0 atom stereocenters. The first kappa shape index (κ1) is 26.4. The summed E-state index contributed by atoms with van der Waals surface area (Å²) in [6, 6.07) is 25.0. The third-order valence-corrected chi connectivity index (χ3v) is 7.58. The number of anilines is 1. The molecule has 4 heterocycles. The Kier molecular flexibility index (Phi) is 7.64. The summed E-state index contributed by atoms with van der Waals surface area (Å²) >= 11 is 1.73. The van der Waals surface area contributed by atoms with Gasteiger partial charge in [0.15, 0.2) is 0 Å². The van der Waals surface area contributed by atoms with Gasteiger partial charge < -0.3 is 0 Å². The van der Waals surface area contributed by atoms with Crippen LogP contribution in [0.3, 0.4) is 0 Å². The van der Waals surface area contributed by atoms with Crippen LogP contribution in [0, 0.1) is 13.8 Å². The van der Waals surface area contributed by atoms with E-state index in [9.17, 15) is 8.42 Å². The van der Waals surface area contributed by atoms with Crippen LogP contribution in [0.4, 0.5) is 5.95 Å². The average Bonchev–Trinajstić information content (AvgIpc) is 3.46. The first-order valence-electron chi connectivity index (χ1n) is 12.1. The maximum absolute atomic E-state index is 10.4. The minimum absolute atomic E-state index is 0.312. The van der Waals surface area contributed by atoms with Crippen LogP contribution in [0.2, 0.25) is 0 Å². The summed E-state index contributed by atoms with van der Waals surface area (Å²) in [4.78, 5) is 5.47. The summed E-state index contributed by atoms with van der Waals surface area (Å²) in [5.41, 5.74) is 4.77. The fourth-order valence-electron chi connectivity index (χ4n) is 4.18. The van der Waals surface area contributed by atoms with E-state index in [0.717, 1.165) is 39.2 Å². The van der Waals surface area contributed by atoms with Crippen molar-refractivity contribution in [2.45, 2.75) is 26.1 Å². The molecule has 0 saturated carbocycles. The molecular formula is C28H26N6O3S2. The Morgan fingerprint density at radius 1 is 0.897 bits per heavy atom. The van der Waals surface area contributed by atoms with E-state index in [1.54, 1.807) is 47.9 Å². The largest absolute Gasteiger partial charge is 0.285 e. The summed E-state index contributed by atoms with van der Waals surface area (Å²) in [6.45, 7) is 4.66. The molecule has 0 aliphatic carbocycles. The molecule has 1 N–H and O–H groups in total. The summed E-state index contributed by atoms with van der Waals surface area (Å²) in [7, 11) is -3.88. The second kappa shape index (κ2) is 11.3. The number of aryl methyl sites for hydroxylation is 2. The molecule has 0 unspecified atom stereocenters. The van der Waals surface area contributed by atoms with Gasteiger partial charge >= 0.3 is 0 Å². The summed E-state index contributed by atoms with van der Waals surface area (Å²) in [6.07, 6.45) is 3.63. The predicted octanol–water partition coefficient (Wildman–Crippen LogP) is 5.19. The molecular weight excluding hydrogens is 532 g/mol. The molecule has 0 amide bonds. The highest BCUT2D eigenvalue weighted by molar-refractivity contribution is 7.85. The highest BCUT2D eigenvalue weighted by atomic mass is 32.2. The monoisotopic (exact) mass is 558 g/mol. The number of thiophene rings is 1. The lowest BCUT2D eigenvalue weighted by molar-refractivity contribution is 0.482. The number of fused-ring (bicyclic) bond motifs is 3. The van der Waals surface area contributed by atoms with Crippen LogP contribution < -0.4 is 5.01 Å². The second-order valence-electron chi connectivity index (χ2n) is 8.90. The fraction of sp³-hybridized carbons (Fsp3) is 0.143. The SMILES string of the molecule is Cc1cc2c(s1)-n1c(C)nnc1N(Cc1cccnc1)N=C2c1ccccc1.O=S(=O)(O)Cc1ccccc1. The lowest BCUT2D eigenvalue weighted by Crippen LogP contribution is -2.20. The molecule has 2 aromatic carbocycles. The maximum Gasteiger partial charge on any atom is 0.269 e. The van der Waals surface area contributed by atoms with E-state index < -0.39 is 10.1 Å². The Balaban J connectivity index is 0.000000237. The van der Waals surface area contributed by atoms with Gasteiger partial charge in [-0.1, -0.05) is 66.7 Å². The van der Waals surface area contributed by atoms with Crippen LogP contribution in [-0.4, -0.2) is 38.4 Å². The van der Waals surface area contributed by atoms with E-state index in [1.165, 1.54) is 4.88 Å². The normalized spacial score (nSPS) is 12.5. The van der Waals surface area contributed by atoms with Gasteiger partial charge in [0.05, 0.1) is 6.54 Å². The van der Waals surface area contributed by atoms with E-state index in [4.69, 9.17) is 9.65 Å². The topological polar surface area (TPSA) is 114 Å². The zero-order valence-electron chi connectivity index (χ0n) is 21.3. The lowest BCUT2D eigenvalue weighted by atomic mass is 10.0. The number of hydrogen-bond donors (Lipinski definition) is 1. The van der Waals surface area contributed by atoms with Crippen LogP contribution in [0.15, 0.2) is 96.4 Å². The van der Waals surface area contributed by atoms with E-state index in [1.807, 2.05) is 48.5 Å². The molecule has 1 aliphatic rings. The Hall–Kier alpha value is -4.19. The highest BCUT2D eigenvalue weighted by Gasteiger charge is 2.28. The zero-order chi connectivity index (χ0) is 27.4. The molecule has 9 nitrogen and oxygen atoms in total. The van der Waals surface area contributed by atoms with Gasteiger partial charge in [0, 0.05) is 28.4 Å². The highest BCUT2D eigenvalue weighted by Crippen LogP contribution is 2.35. The van der Waals surface area contributed by atoms with Crippen LogP contribution in [0.5, 0.6) is 0 Å². The number of aromatic nitrogens is 4. The van der Waals surface area contributed by atoms with E-state index in [-0.39, 0.29) is 5.75 Å². The average molecular weight is 559 g/mol. The van der Waals surface area contributed by atoms with Crippen molar-refractivity contribution in [1.29, 1.82) is 0 Å².